The molecule has 0 bridgehead atoms. The molecular formula is C22H22N10. The van der Waals surface area contributed by atoms with Crippen molar-refractivity contribution in [3.63, 3.8) is 0 Å². The highest BCUT2D eigenvalue weighted by Crippen LogP contribution is 2.27. The van der Waals surface area contributed by atoms with Gasteiger partial charge in [0.05, 0.1) is 17.6 Å². The summed E-state index contributed by atoms with van der Waals surface area (Å²) >= 11 is 0. The van der Waals surface area contributed by atoms with Crippen molar-refractivity contribution >= 4 is 34.1 Å². The molecular weight excluding hydrogens is 404 g/mol. The van der Waals surface area contributed by atoms with Gasteiger partial charge in [0.25, 0.3) is 0 Å². The van der Waals surface area contributed by atoms with Crippen molar-refractivity contribution in [2.45, 2.75) is 0 Å². The monoisotopic (exact) mass is 426 g/mol. The minimum atomic E-state index is 0.512. The van der Waals surface area contributed by atoms with Crippen LogP contribution in [0.4, 0.5) is 17.5 Å². The number of hydrogen-bond donors (Lipinski definition) is 2. The Kier molecular flexibility index (Phi) is 4.43. The number of likely N-dealkylation sites (N-methyl/N-ethyl adjacent to an activating group) is 1. The molecule has 0 aromatic carbocycles. The summed E-state index contributed by atoms with van der Waals surface area (Å²) in [6.45, 7) is 4.10. The number of pyridine rings is 1. The molecule has 5 aromatic heterocycles. The average molecular weight is 426 g/mol. The van der Waals surface area contributed by atoms with Gasteiger partial charge < -0.3 is 20.1 Å². The van der Waals surface area contributed by atoms with Gasteiger partial charge in [0.1, 0.15) is 11.5 Å². The fraction of sp³-hybridized carbons (Fsp3) is 0.227. The average Bonchev–Trinajstić information content (AvgIpc) is 3.46. The standard InChI is InChI=1S/C22H22N10/c1-30-8-10-31(11-9-30)19-4-2-15(12-24-19)27-22-26-14-17-16(13-25-21(17)28-22)18-3-5-20-23-6-7-32(20)29-18/h2-7,12-14H,8-11H2,1H3,(H2,25,26,27,28). The summed E-state index contributed by atoms with van der Waals surface area (Å²) in [5.41, 5.74) is 4.17. The zero-order valence-corrected chi connectivity index (χ0v) is 17.6. The summed E-state index contributed by atoms with van der Waals surface area (Å²) in [7, 11) is 2.15. The summed E-state index contributed by atoms with van der Waals surface area (Å²) in [6, 6.07) is 7.94. The molecule has 2 N–H and O–H groups in total. The summed E-state index contributed by atoms with van der Waals surface area (Å²) in [5.74, 6) is 1.51. The zero-order valence-electron chi connectivity index (χ0n) is 17.6. The van der Waals surface area contributed by atoms with Crippen LogP contribution in [0.15, 0.2) is 55.2 Å². The van der Waals surface area contributed by atoms with Gasteiger partial charge in [-0.3, -0.25) is 0 Å². The van der Waals surface area contributed by atoms with E-state index < -0.39 is 0 Å². The van der Waals surface area contributed by atoms with E-state index in [1.54, 1.807) is 10.7 Å². The first-order valence-corrected chi connectivity index (χ1v) is 10.5. The molecule has 0 aliphatic carbocycles. The molecule has 0 amide bonds. The molecule has 1 aliphatic rings. The Morgan fingerprint density at radius 2 is 1.88 bits per heavy atom. The van der Waals surface area contributed by atoms with Gasteiger partial charge in [0, 0.05) is 61.9 Å². The lowest BCUT2D eigenvalue weighted by Gasteiger charge is -2.33. The van der Waals surface area contributed by atoms with Crippen molar-refractivity contribution < 1.29 is 0 Å². The van der Waals surface area contributed by atoms with E-state index in [4.69, 9.17) is 0 Å². The Morgan fingerprint density at radius 1 is 0.969 bits per heavy atom. The van der Waals surface area contributed by atoms with Gasteiger partial charge in [-0.1, -0.05) is 0 Å². The number of aromatic nitrogens is 7. The molecule has 32 heavy (non-hydrogen) atoms. The van der Waals surface area contributed by atoms with E-state index in [1.807, 2.05) is 49.1 Å². The van der Waals surface area contributed by atoms with Crippen LogP contribution in [0.1, 0.15) is 0 Å². The fourth-order valence-corrected chi connectivity index (χ4v) is 3.95. The van der Waals surface area contributed by atoms with Crippen molar-refractivity contribution in [3.05, 3.63) is 55.2 Å². The van der Waals surface area contributed by atoms with Gasteiger partial charge in [-0.25, -0.2) is 19.5 Å². The van der Waals surface area contributed by atoms with Crippen LogP contribution in [0.5, 0.6) is 0 Å². The minimum absolute atomic E-state index is 0.512. The fourth-order valence-electron chi connectivity index (χ4n) is 3.95. The number of H-pyrrole nitrogens is 1. The highest BCUT2D eigenvalue weighted by Gasteiger charge is 2.15. The van der Waals surface area contributed by atoms with Crippen LogP contribution in [-0.4, -0.2) is 72.7 Å². The van der Waals surface area contributed by atoms with Crippen molar-refractivity contribution in [2.24, 2.45) is 0 Å². The lowest BCUT2D eigenvalue weighted by molar-refractivity contribution is 0.312. The summed E-state index contributed by atoms with van der Waals surface area (Å²) in [5, 5.41) is 8.77. The van der Waals surface area contributed by atoms with Crippen LogP contribution in [0.2, 0.25) is 0 Å². The van der Waals surface area contributed by atoms with Crippen LogP contribution >= 0.6 is 0 Å². The van der Waals surface area contributed by atoms with Crippen LogP contribution in [0, 0.1) is 0 Å². The second-order valence-corrected chi connectivity index (χ2v) is 7.93. The van der Waals surface area contributed by atoms with E-state index in [1.165, 1.54) is 0 Å². The number of piperazine rings is 1. The van der Waals surface area contributed by atoms with Gasteiger partial charge in [0.15, 0.2) is 5.65 Å². The Balaban J connectivity index is 1.22. The number of nitrogens with one attached hydrogen (secondary N) is 2. The number of anilines is 3. The summed E-state index contributed by atoms with van der Waals surface area (Å²) < 4.78 is 1.75. The number of fused-ring (bicyclic) bond motifs is 2. The topological polar surface area (TPSA) is 103 Å². The molecule has 10 nitrogen and oxygen atoms in total. The Bertz CT molecular complexity index is 1380. The van der Waals surface area contributed by atoms with Gasteiger partial charge in [-0.05, 0) is 31.3 Å². The third-order valence-electron chi connectivity index (χ3n) is 5.79. The lowest BCUT2D eigenvalue weighted by Crippen LogP contribution is -2.44. The van der Waals surface area contributed by atoms with E-state index in [2.05, 4.69) is 52.2 Å². The highest BCUT2D eigenvalue weighted by atomic mass is 15.3. The SMILES string of the molecule is CN1CCN(c2ccc(Nc3ncc4c(-c5ccc6nccn6n5)c[nH]c4n3)cn2)CC1. The van der Waals surface area contributed by atoms with Crippen molar-refractivity contribution in [1.82, 2.24) is 39.4 Å². The summed E-state index contributed by atoms with van der Waals surface area (Å²) in [4.78, 5) is 25.8. The van der Waals surface area contributed by atoms with E-state index in [-0.39, 0.29) is 0 Å². The molecule has 1 saturated heterocycles. The first kappa shape index (κ1) is 18.7. The molecule has 6 heterocycles. The lowest BCUT2D eigenvalue weighted by atomic mass is 10.2. The van der Waals surface area contributed by atoms with Crippen LogP contribution in [0.25, 0.3) is 27.9 Å². The number of imidazole rings is 1. The molecule has 6 rings (SSSR count). The van der Waals surface area contributed by atoms with Gasteiger partial charge in [-0.2, -0.15) is 10.1 Å². The number of rotatable bonds is 4. The molecule has 0 saturated carbocycles. The van der Waals surface area contributed by atoms with E-state index in [0.29, 0.717) is 5.95 Å². The van der Waals surface area contributed by atoms with Gasteiger partial charge >= 0.3 is 0 Å². The number of aromatic amines is 1. The summed E-state index contributed by atoms with van der Waals surface area (Å²) in [6.07, 6.45) is 9.10. The Labute approximate surface area is 184 Å². The van der Waals surface area contributed by atoms with Gasteiger partial charge in [-0.15, -0.1) is 0 Å². The van der Waals surface area contributed by atoms with Crippen LogP contribution < -0.4 is 10.2 Å². The molecule has 5 aromatic rings. The molecule has 160 valence electrons. The van der Waals surface area contributed by atoms with E-state index in [9.17, 15) is 0 Å². The van der Waals surface area contributed by atoms with Crippen LogP contribution in [-0.2, 0) is 0 Å². The van der Waals surface area contributed by atoms with Crippen molar-refractivity contribution in [3.8, 4) is 11.3 Å². The smallest absolute Gasteiger partial charge is 0.229 e. The number of nitrogens with zero attached hydrogens (tertiary/aromatic N) is 8. The molecule has 1 aliphatic heterocycles. The molecule has 0 radical (unpaired) electrons. The molecule has 0 spiro atoms. The maximum absolute atomic E-state index is 4.62. The first-order chi connectivity index (χ1) is 15.7. The maximum Gasteiger partial charge on any atom is 0.229 e. The largest absolute Gasteiger partial charge is 0.354 e. The van der Waals surface area contributed by atoms with Crippen molar-refractivity contribution in [2.75, 3.05) is 43.4 Å². The second-order valence-electron chi connectivity index (χ2n) is 7.93. The second kappa shape index (κ2) is 7.57. The zero-order chi connectivity index (χ0) is 21.5. The van der Waals surface area contributed by atoms with E-state index in [0.717, 1.165) is 65.6 Å². The molecule has 1 fully saturated rings. The normalized spacial score (nSPS) is 15.0. The molecule has 10 heteroatoms. The Morgan fingerprint density at radius 3 is 2.72 bits per heavy atom. The molecule has 0 unspecified atom stereocenters. The minimum Gasteiger partial charge on any atom is -0.354 e. The third kappa shape index (κ3) is 3.40. The third-order valence-corrected chi connectivity index (χ3v) is 5.79. The maximum atomic E-state index is 4.62. The highest BCUT2D eigenvalue weighted by molar-refractivity contribution is 5.92. The van der Waals surface area contributed by atoms with Crippen molar-refractivity contribution in [1.29, 1.82) is 0 Å². The first-order valence-electron chi connectivity index (χ1n) is 10.5. The van der Waals surface area contributed by atoms with Gasteiger partial charge in [0.2, 0.25) is 5.95 Å². The Hall–Kier alpha value is -4.05. The predicted octanol–water partition coefficient (Wildman–Crippen LogP) is 2.56. The number of hydrogen-bond acceptors (Lipinski definition) is 8. The molecule has 0 atom stereocenters. The predicted molar refractivity (Wildman–Crippen MR) is 123 cm³/mol. The van der Waals surface area contributed by atoms with E-state index >= 15 is 0 Å². The van der Waals surface area contributed by atoms with Crippen LogP contribution in [0.3, 0.4) is 0 Å². The quantitative estimate of drug-likeness (QED) is 0.452.